The summed E-state index contributed by atoms with van der Waals surface area (Å²) in [7, 11) is 0. The molecule has 128 valence electrons. The second kappa shape index (κ2) is 6.87. The van der Waals surface area contributed by atoms with E-state index in [-0.39, 0.29) is 16.8 Å². The minimum Gasteiger partial charge on any atom is -0.486 e. The van der Waals surface area contributed by atoms with E-state index in [4.69, 9.17) is 9.47 Å². The molecule has 0 saturated carbocycles. The number of hydrazine groups is 1. The second-order valence-corrected chi connectivity index (χ2v) is 5.07. The molecule has 2 N–H and O–H groups in total. The quantitative estimate of drug-likeness (QED) is 0.643. The van der Waals surface area contributed by atoms with Crippen LogP contribution in [0.25, 0.3) is 0 Å². The molecule has 0 unspecified atom stereocenters. The molecule has 1 heterocycles. The van der Waals surface area contributed by atoms with Crippen molar-refractivity contribution in [3.8, 4) is 11.5 Å². The Kier molecular flexibility index (Phi) is 4.46. The van der Waals surface area contributed by atoms with Crippen molar-refractivity contribution in [3.63, 3.8) is 0 Å². The number of benzene rings is 2. The van der Waals surface area contributed by atoms with Crippen LogP contribution in [-0.4, -0.2) is 30.0 Å². The van der Waals surface area contributed by atoms with Crippen molar-refractivity contribution in [2.45, 2.75) is 0 Å². The molecule has 0 spiro atoms. The molecule has 2 aromatic carbocycles. The number of nitro benzene ring substituents is 1. The average molecular weight is 343 g/mol. The van der Waals surface area contributed by atoms with E-state index in [1.165, 1.54) is 30.3 Å². The van der Waals surface area contributed by atoms with Gasteiger partial charge in [-0.05, 0) is 24.3 Å². The van der Waals surface area contributed by atoms with Gasteiger partial charge in [-0.3, -0.25) is 30.6 Å². The molecular formula is C16H13N3O6. The lowest BCUT2D eigenvalue weighted by molar-refractivity contribution is -0.384. The molecule has 9 nitrogen and oxygen atoms in total. The molecule has 1 aliphatic rings. The fraction of sp³-hybridized carbons (Fsp3) is 0.125. The van der Waals surface area contributed by atoms with Gasteiger partial charge in [-0.1, -0.05) is 6.07 Å². The molecule has 0 fully saturated rings. The van der Waals surface area contributed by atoms with Crippen LogP contribution >= 0.6 is 0 Å². The lowest BCUT2D eigenvalue weighted by Crippen LogP contribution is -2.41. The zero-order valence-corrected chi connectivity index (χ0v) is 12.9. The summed E-state index contributed by atoms with van der Waals surface area (Å²) in [6.07, 6.45) is 0. The Hall–Kier alpha value is -3.62. The number of carbonyl (C=O) groups excluding carboxylic acids is 2. The van der Waals surface area contributed by atoms with Crippen molar-refractivity contribution in [1.29, 1.82) is 0 Å². The summed E-state index contributed by atoms with van der Waals surface area (Å²) in [6.45, 7) is 0.833. The van der Waals surface area contributed by atoms with Crippen molar-refractivity contribution >= 4 is 17.5 Å². The van der Waals surface area contributed by atoms with Crippen molar-refractivity contribution in [1.82, 2.24) is 10.9 Å². The number of ether oxygens (including phenoxy) is 2. The topological polar surface area (TPSA) is 120 Å². The van der Waals surface area contributed by atoms with Gasteiger partial charge in [-0.25, -0.2) is 0 Å². The number of fused-ring (bicyclic) bond motifs is 1. The first-order valence-electron chi connectivity index (χ1n) is 7.29. The van der Waals surface area contributed by atoms with E-state index < -0.39 is 16.7 Å². The van der Waals surface area contributed by atoms with Gasteiger partial charge in [-0.15, -0.1) is 0 Å². The largest absolute Gasteiger partial charge is 0.486 e. The Balaban J connectivity index is 1.65. The molecule has 3 rings (SSSR count). The van der Waals surface area contributed by atoms with E-state index in [9.17, 15) is 19.7 Å². The first-order valence-corrected chi connectivity index (χ1v) is 7.29. The van der Waals surface area contributed by atoms with Crippen LogP contribution < -0.4 is 20.3 Å². The van der Waals surface area contributed by atoms with Gasteiger partial charge in [0.05, 0.1) is 4.92 Å². The monoisotopic (exact) mass is 343 g/mol. The van der Waals surface area contributed by atoms with Crippen molar-refractivity contribution in [3.05, 3.63) is 63.7 Å². The summed E-state index contributed by atoms with van der Waals surface area (Å²) in [4.78, 5) is 34.2. The standard InChI is InChI=1S/C16H13N3O6/c20-15(10-2-1-3-12(8-10)19(22)23)17-18-16(21)11-4-5-13-14(9-11)25-7-6-24-13/h1-5,8-9H,6-7H2,(H,17,20)(H,18,21). The molecule has 0 saturated heterocycles. The highest BCUT2D eigenvalue weighted by molar-refractivity contribution is 5.99. The minimum atomic E-state index is -0.672. The van der Waals surface area contributed by atoms with Gasteiger partial charge in [0.1, 0.15) is 13.2 Å². The molecule has 1 aliphatic heterocycles. The maximum absolute atomic E-state index is 12.1. The Morgan fingerprint density at radius 3 is 2.24 bits per heavy atom. The van der Waals surface area contributed by atoms with Gasteiger partial charge in [0.25, 0.3) is 17.5 Å². The van der Waals surface area contributed by atoms with Gasteiger partial charge >= 0.3 is 0 Å². The molecule has 0 radical (unpaired) electrons. The molecule has 0 aliphatic carbocycles. The van der Waals surface area contributed by atoms with E-state index in [0.717, 1.165) is 6.07 Å². The van der Waals surface area contributed by atoms with Crippen LogP contribution in [0.15, 0.2) is 42.5 Å². The van der Waals surface area contributed by atoms with Crippen LogP contribution in [0.5, 0.6) is 11.5 Å². The van der Waals surface area contributed by atoms with E-state index in [1.807, 2.05) is 0 Å². The molecule has 0 atom stereocenters. The molecule has 2 aromatic rings. The highest BCUT2D eigenvalue weighted by Crippen LogP contribution is 2.30. The Bertz CT molecular complexity index is 852. The normalized spacial score (nSPS) is 12.2. The number of nitro groups is 1. The van der Waals surface area contributed by atoms with E-state index in [1.54, 1.807) is 6.07 Å². The maximum atomic E-state index is 12.1. The molecule has 2 amide bonds. The van der Waals surface area contributed by atoms with Gasteiger partial charge in [0.15, 0.2) is 11.5 Å². The van der Waals surface area contributed by atoms with Crippen LogP contribution in [-0.2, 0) is 0 Å². The SMILES string of the molecule is O=C(NNC(=O)c1ccc2c(c1)OCCO2)c1cccc([N+](=O)[O-])c1. The number of hydrogen-bond donors (Lipinski definition) is 2. The third-order valence-corrected chi connectivity index (χ3v) is 3.41. The minimum absolute atomic E-state index is 0.0525. The fourth-order valence-corrected chi connectivity index (χ4v) is 2.20. The molecule has 0 bridgehead atoms. The number of nitrogens with zero attached hydrogens (tertiary/aromatic N) is 1. The highest BCUT2D eigenvalue weighted by Gasteiger charge is 2.16. The summed E-state index contributed by atoms with van der Waals surface area (Å²) in [5.74, 6) is -0.238. The smallest absolute Gasteiger partial charge is 0.270 e. The number of rotatable bonds is 3. The summed E-state index contributed by atoms with van der Waals surface area (Å²) in [5.41, 5.74) is 4.56. The molecule has 9 heteroatoms. The first kappa shape index (κ1) is 16.2. The third kappa shape index (κ3) is 3.66. The lowest BCUT2D eigenvalue weighted by atomic mass is 10.2. The van der Waals surface area contributed by atoms with Crippen LogP contribution in [0, 0.1) is 10.1 Å². The lowest BCUT2D eigenvalue weighted by Gasteiger charge is -2.18. The van der Waals surface area contributed by atoms with E-state index in [0.29, 0.717) is 24.7 Å². The van der Waals surface area contributed by atoms with Crippen LogP contribution in [0.3, 0.4) is 0 Å². The van der Waals surface area contributed by atoms with Crippen LogP contribution in [0.4, 0.5) is 5.69 Å². The van der Waals surface area contributed by atoms with Crippen molar-refractivity contribution in [2.75, 3.05) is 13.2 Å². The van der Waals surface area contributed by atoms with Gasteiger partial charge in [0, 0.05) is 23.3 Å². The second-order valence-electron chi connectivity index (χ2n) is 5.07. The van der Waals surface area contributed by atoms with Gasteiger partial charge < -0.3 is 9.47 Å². The van der Waals surface area contributed by atoms with E-state index >= 15 is 0 Å². The summed E-state index contributed by atoms with van der Waals surface area (Å²) >= 11 is 0. The summed E-state index contributed by atoms with van der Waals surface area (Å²) < 4.78 is 10.8. The van der Waals surface area contributed by atoms with Gasteiger partial charge in [-0.2, -0.15) is 0 Å². The number of non-ortho nitro benzene ring substituents is 1. The molecule has 25 heavy (non-hydrogen) atoms. The van der Waals surface area contributed by atoms with Gasteiger partial charge in [0.2, 0.25) is 0 Å². The fourth-order valence-electron chi connectivity index (χ4n) is 2.20. The average Bonchev–Trinajstić information content (AvgIpc) is 2.65. The first-order chi connectivity index (χ1) is 12.0. The molecular weight excluding hydrogens is 330 g/mol. The summed E-state index contributed by atoms with van der Waals surface area (Å²) in [6, 6.07) is 9.81. The zero-order chi connectivity index (χ0) is 17.8. The number of nitrogens with one attached hydrogen (secondary N) is 2. The predicted octanol–water partition coefficient (Wildman–Crippen LogP) is 1.44. The van der Waals surface area contributed by atoms with Crippen molar-refractivity contribution in [2.24, 2.45) is 0 Å². The Labute approximate surface area is 141 Å². The molecule has 0 aromatic heterocycles. The summed E-state index contributed by atoms with van der Waals surface area (Å²) in [5, 5.41) is 10.7. The van der Waals surface area contributed by atoms with Crippen LogP contribution in [0.2, 0.25) is 0 Å². The predicted molar refractivity (Wildman–Crippen MR) is 85.5 cm³/mol. The number of carbonyl (C=O) groups is 2. The Morgan fingerprint density at radius 1 is 0.920 bits per heavy atom. The van der Waals surface area contributed by atoms with E-state index in [2.05, 4.69) is 10.9 Å². The van der Waals surface area contributed by atoms with Crippen LogP contribution in [0.1, 0.15) is 20.7 Å². The van der Waals surface area contributed by atoms with Crippen molar-refractivity contribution < 1.29 is 24.0 Å². The Morgan fingerprint density at radius 2 is 1.56 bits per heavy atom. The maximum Gasteiger partial charge on any atom is 0.270 e. The number of hydrogen-bond acceptors (Lipinski definition) is 6. The number of amides is 2. The highest BCUT2D eigenvalue weighted by atomic mass is 16.6. The zero-order valence-electron chi connectivity index (χ0n) is 12.9. The third-order valence-electron chi connectivity index (χ3n) is 3.41.